The monoisotopic (exact) mass is 316 g/mol. The molecule has 2 fully saturated rings. The smallest absolute Gasteiger partial charge is 0.225 e. The van der Waals surface area contributed by atoms with Gasteiger partial charge in [-0.2, -0.15) is 0 Å². The second-order valence-electron chi connectivity index (χ2n) is 6.54. The third-order valence-electron chi connectivity index (χ3n) is 4.61. The molecule has 0 spiro atoms. The van der Waals surface area contributed by atoms with Crippen molar-refractivity contribution in [2.24, 2.45) is 5.92 Å². The molecule has 2 aliphatic rings. The summed E-state index contributed by atoms with van der Waals surface area (Å²) in [4.78, 5) is 26.2. The van der Waals surface area contributed by atoms with Crippen molar-refractivity contribution in [2.45, 2.75) is 38.8 Å². The number of nitrogens with one attached hydrogen (secondary N) is 1. The third kappa shape index (κ3) is 4.10. The highest BCUT2D eigenvalue weighted by molar-refractivity contribution is 5.89. The standard InChI is InChI=1S/C18H24N2O3/c1-13-4-6-14(7-5-13)11-20-12-15(9-17(20)21)18(22)19-10-16-3-2-8-23-16/h4-7,15-16H,2-3,8-12H2,1H3,(H,19,22)/t15-,16-/m1/s1. The molecule has 2 amide bonds. The van der Waals surface area contributed by atoms with E-state index in [0.717, 1.165) is 25.0 Å². The van der Waals surface area contributed by atoms with Gasteiger partial charge in [0.2, 0.25) is 11.8 Å². The topological polar surface area (TPSA) is 58.6 Å². The van der Waals surface area contributed by atoms with Crippen LogP contribution in [0.5, 0.6) is 0 Å². The van der Waals surface area contributed by atoms with Crippen LogP contribution in [0.25, 0.3) is 0 Å². The van der Waals surface area contributed by atoms with E-state index >= 15 is 0 Å². The zero-order valence-electron chi connectivity index (χ0n) is 13.6. The summed E-state index contributed by atoms with van der Waals surface area (Å²) in [7, 11) is 0. The van der Waals surface area contributed by atoms with Crippen molar-refractivity contribution in [3.63, 3.8) is 0 Å². The Hall–Kier alpha value is -1.88. The van der Waals surface area contributed by atoms with Crippen LogP contribution in [0.4, 0.5) is 0 Å². The van der Waals surface area contributed by atoms with Gasteiger partial charge in [-0.15, -0.1) is 0 Å². The van der Waals surface area contributed by atoms with Crippen LogP contribution in [0.1, 0.15) is 30.4 Å². The molecular weight excluding hydrogens is 292 g/mol. The van der Waals surface area contributed by atoms with Gasteiger partial charge in [0.15, 0.2) is 0 Å². The Morgan fingerprint density at radius 3 is 2.83 bits per heavy atom. The SMILES string of the molecule is Cc1ccc(CN2C[C@H](C(=O)NC[C@H]3CCCO3)CC2=O)cc1. The minimum atomic E-state index is -0.241. The molecule has 1 aromatic carbocycles. The molecule has 0 bridgehead atoms. The number of hydrogen-bond acceptors (Lipinski definition) is 3. The lowest BCUT2D eigenvalue weighted by atomic mass is 10.1. The van der Waals surface area contributed by atoms with E-state index in [0.29, 0.717) is 26.1 Å². The second kappa shape index (κ2) is 7.13. The van der Waals surface area contributed by atoms with E-state index in [4.69, 9.17) is 4.74 Å². The van der Waals surface area contributed by atoms with Gasteiger partial charge in [0.25, 0.3) is 0 Å². The summed E-state index contributed by atoms with van der Waals surface area (Å²) in [6, 6.07) is 8.16. The molecule has 23 heavy (non-hydrogen) atoms. The first kappa shape index (κ1) is 16.0. The molecule has 2 saturated heterocycles. The van der Waals surface area contributed by atoms with E-state index in [9.17, 15) is 9.59 Å². The van der Waals surface area contributed by atoms with E-state index in [2.05, 4.69) is 5.32 Å². The largest absolute Gasteiger partial charge is 0.376 e. The first-order valence-corrected chi connectivity index (χ1v) is 8.34. The number of carbonyl (C=O) groups excluding carboxylic acids is 2. The Balaban J connectivity index is 1.50. The molecule has 0 unspecified atom stereocenters. The molecule has 2 aliphatic heterocycles. The quantitative estimate of drug-likeness (QED) is 0.898. The maximum atomic E-state index is 12.2. The third-order valence-corrected chi connectivity index (χ3v) is 4.61. The molecule has 124 valence electrons. The van der Waals surface area contributed by atoms with Crippen LogP contribution in [0.3, 0.4) is 0 Å². The number of hydrogen-bond donors (Lipinski definition) is 1. The van der Waals surface area contributed by atoms with Crippen LogP contribution in [-0.4, -0.2) is 42.5 Å². The van der Waals surface area contributed by atoms with Crippen LogP contribution in [-0.2, 0) is 20.9 Å². The minimum Gasteiger partial charge on any atom is -0.376 e. The van der Waals surface area contributed by atoms with E-state index in [1.165, 1.54) is 5.56 Å². The van der Waals surface area contributed by atoms with Crippen molar-refractivity contribution in [3.8, 4) is 0 Å². The zero-order chi connectivity index (χ0) is 16.2. The highest BCUT2D eigenvalue weighted by Crippen LogP contribution is 2.21. The Labute approximate surface area is 137 Å². The van der Waals surface area contributed by atoms with Crippen molar-refractivity contribution in [1.82, 2.24) is 10.2 Å². The van der Waals surface area contributed by atoms with Crippen molar-refractivity contribution >= 4 is 11.8 Å². The summed E-state index contributed by atoms with van der Waals surface area (Å²) in [5, 5.41) is 2.94. The summed E-state index contributed by atoms with van der Waals surface area (Å²) >= 11 is 0. The van der Waals surface area contributed by atoms with E-state index in [-0.39, 0.29) is 23.8 Å². The van der Waals surface area contributed by atoms with Crippen LogP contribution >= 0.6 is 0 Å². The van der Waals surface area contributed by atoms with Crippen molar-refractivity contribution < 1.29 is 14.3 Å². The molecule has 5 nitrogen and oxygen atoms in total. The van der Waals surface area contributed by atoms with Crippen molar-refractivity contribution in [2.75, 3.05) is 19.7 Å². The zero-order valence-corrected chi connectivity index (χ0v) is 13.6. The van der Waals surface area contributed by atoms with Gasteiger partial charge in [-0.25, -0.2) is 0 Å². The first-order chi connectivity index (χ1) is 11.1. The molecule has 5 heteroatoms. The van der Waals surface area contributed by atoms with E-state index in [1.54, 1.807) is 4.90 Å². The fraction of sp³-hybridized carbons (Fsp3) is 0.556. The number of likely N-dealkylation sites (tertiary alicyclic amines) is 1. The number of amides is 2. The number of rotatable bonds is 5. The first-order valence-electron chi connectivity index (χ1n) is 8.34. The van der Waals surface area contributed by atoms with Crippen LogP contribution in [0.2, 0.25) is 0 Å². The highest BCUT2D eigenvalue weighted by atomic mass is 16.5. The minimum absolute atomic E-state index is 0.0275. The van der Waals surface area contributed by atoms with E-state index < -0.39 is 0 Å². The lowest BCUT2D eigenvalue weighted by Crippen LogP contribution is -2.37. The van der Waals surface area contributed by atoms with Gasteiger partial charge in [-0.05, 0) is 25.3 Å². The lowest BCUT2D eigenvalue weighted by Gasteiger charge is -2.17. The predicted molar refractivity (Wildman–Crippen MR) is 86.7 cm³/mol. The Morgan fingerprint density at radius 1 is 1.35 bits per heavy atom. The lowest BCUT2D eigenvalue weighted by molar-refractivity contribution is -0.129. The van der Waals surface area contributed by atoms with Crippen LogP contribution in [0.15, 0.2) is 24.3 Å². The van der Waals surface area contributed by atoms with Crippen molar-refractivity contribution in [1.29, 1.82) is 0 Å². The van der Waals surface area contributed by atoms with Gasteiger partial charge in [-0.1, -0.05) is 29.8 Å². The molecule has 0 radical (unpaired) electrons. The van der Waals surface area contributed by atoms with Gasteiger partial charge >= 0.3 is 0 Å². The Morgan fingerprint density at radius 2 is 2.13 bits per heavy atom. The number of carbonyl (C=O) groups is 2. The Bertz CT molecular complexity index is 564. The van der Waals surface area contributed by atoms with Crippen molar-refractivity contribution in [3.05, 3.63) is 35.4 Å². The normalized spacial score (nSPS) is 24.2. The van der Waals surface area contributed by atoms with Crippen LogP contribution < -0.4 is 5.32 Å². The molecular formula is C18H24N2O3. The van der Waals surface area contributed by atoms with Gasteiger partial charge in [0.05, 0.1) is 12.0 Å². The maximum absolute atomic E-state index is 12.2. The summed E-state index contributed by atoms with van der Waals surface area (Å²) in [5.41, 5.74) is 2.30. The number of benzene rings is 1. The molecule has 0 saturated carbocycles. The summed E-state index contributed by atoms with van der Waals surface area (Å²) in [6.07, 6.45) is 2.51. The molecule has 2 atom stereocenters. The maximum Gasteiger partial charge on any atom is 0.225 e. The average molecular weight is 316 g/mol. The molecule has 1 aromatic rings. The number of aryl methyl sites for hydroxylation is 1. The second-order valence-corrected chi connectivity index (χ2v) is 6.54. The Kier molecular flexibility index (Phi) is 4.96. The van der Waals surface area contributed by atoms with Gasteiger partial charge in [-0.3, -0.25) is 9.59 Å². The number of nitrogens with zero attached hydrogens (tertiary/aromatic N) is 1. The van der Waals surface area contributed by atoms with E-state index in [1.807, 2.05) is 31.2 Å². The molecule has 2 heterocycles. The van der Waals surface area contributed by atoms with Gasteiger partial charge in [0, 0.05) is 32.7 Å². The summed E-state index contributed by atoms with van der Waals surface area (Å²) < 4.78 is 5.50. The van der Waals surface area contributed by atoms with Gasteiger partial charge in [0.1, 0.15) is 0 Å². The van der Waals surface area contributed by atoms with Gasteiger partial charge < -0.3 is 15.0 Å². The molecule has 3 rings (SSSR count). The fourth-order valence-electron chi connectivity index (χ4n) is 3.18. The summed E-state index contributed by atoms with van der Waals surface area (Å²) in [6.45, 7) is 4.46. The predicted octanol–water partition coefficient (Wildman–Crippen LogP) is 1.64. The molecule has 0 aromatic heterocycles. The molecule has 1 N–H and O–H groups in total. The highest BCUT2D eigenvalue weighted by Gasteiger charge is 2.34. The number of ether oxygens (including phenoxy) is 1. The molecule has 0 aliphatic carbocycles. The average Bonchev–Trinajstić information content (AvgIpc) is 3.18. The fourth-order valence-corrected chi connectivity index (χ4v) is 3.18. The summed E-state index contributed by atoms with van der Waals surface area (Å²) in [5.74, 6) is -0.211. The van der Waals surface area contributed by atoms with Crippen LogP contribution in [0, 0.1) is 12.8 Å².